The van der Waals surface area contributed by atoms with Crippen LogP contribution in [0.2, 0.25) is 0 Å². The Bertz CT molecular complexity index is 1160. The van der Waals surface area contributed by atoms with E-state index in [1.165, 1.54) is 11.3 Å². The summed E-state index contributed by atoms with van der Waals surface area (Å²) in [6.07, 6.45) is 1.55. The van der Waals surface area contributed by atoms with E-state index >= 15 is 0 Å². The summed E-state index contributed by atoms with van der Waals surface area (Å²) in [4.78, 5) is 30.9. The van der Waals surface area contributed by atoms with Gasteiger partial charge in [-0.1, -0.05) is 38.1 Å². The molecule has 1 aliphatic heterocycles. The van der Waals surface area contributed by atoms with Crippen LogP contribution in [0.25, 0.3) is 11.4 Å². The topological polar surface area (TPSA) is 78.7 Å². The minimum Gasteiger partial charge on any atom is -0.507 e. The molecule has 0 aliphatic carbocycles. The lowest BCUT2D eigenvalue weighted by atomic mass is 10.00. The largest absolute Gasteiger partial charge is 0.507 e. The van der Waals surface area contributed by atoms with Crippen molar-refractivity contribution < 1.29 is 14.7 Å². The van der Waals surface area contributed by atoms with Crippen LogP contribution in [-0.2, 0) is 9.59 Å². The molecule has 4 rings (SSSR count). The highest BCUT2D eigenvalue weighted by molar-refractivity contribution is 7.10. The zero-order valence-electron chi connectivity index (χ0n) is 19.1. The zero-order chi connectivity index (χ0) is 23.5. The molecule has 1 fully saturated rings. The Morgan fingerprint density at radius 3 is 2.48 bits per heavy atom. The quantitative estimate of drug-likeness (QED) is 0.310. The summed E-state index contributed by atoms with van der Waals surface area (Å²) in [6.45, 7) is 8.78. The molecule has 0 bridgehead atoms. The van der Waals surface area contributed by atoms with Crippen LogP contribution in [0.1, 0.15) is 36.0 Å². The van der Waals surface area contributed by atoms with Crippen LogP contribution in [0.15, 0.2) is 59.6 Å². The van der Waals surface area contributed by atoms with Gasteiger partial charge in [0.05, 0.1) is 34.8 Å². The first-order valence-corrected chi connectivity index (χ1v) is 12.0. The molecule has 1 aromatic carbocycles. The standard InChI is InChI=1S/C25H28N4O3S/c1-4-27(5-2)13-14-28-22(20-12-9-15-33-20)21(24(31)25(28)32)23(30)19-16-26-29(17(19)3)18-10-7-6-8-11-18/h6-12,15-16,22,30H,4-5,13-14H2,1-3H3. The van der Waals surface area contributed by atoms with Crippen LogP contribution in [-0.4, -0.2) is 62.6 Å². The number of benzene rings is 1. The molecule has 1 atom stereocenters. The third kappa shape index (κ3) is 4.24. The van der Waals surface area contributed by atoms with Crippen molar-refractivity contribution in [2.45, 2.75) is 26.8 Å². The average molecular weight is 465 g/mol. The molecular weight excluding hydrogens is 436 g/mol. The van der Waals surface area contributed by atoms with Crippen molar-refractivity contribution in [2.24, 2.45) is 0 Å². The summed E-state index contributed by atoms with van der Waals surface area (Å²) in [6, 6.07) is 12.8. The second kappa shape index (κ2) is 9.72. The van der Waals surface area contributed by atoms with E-state index < -0.39 is 17.7 Å². The molecule has 2 aromatic heterocycles. The number of hydrogen-bond acceptors (Lipinski definition) is 6. The Morgan fingerprint density at radius 2 is 1.85 bits per heavy atom. The number of para-hydroxylation sites is 1. The fourth-order valence-electron chi connectivity index (χ4n) is 4.26. The van der Waals surface area contributed by atoms with E-state index in [9.17, 15) is 14.7 Å². The number of Topliss-reactive ketones (excluding diaryl/α,β-unsaturated/α-hetero) is 1. The van der Waals surface area contributed by atoms with E-state index in [1.54, 1.807) is 15.8 Å². The van der Waals surface area contributed by atoms with Gasteiger partial charge in [-0.25, -0.2) is 4.68 Å². The monoisotopic (exact) mass is 464 g/mol. The number of ketones is 1. The van der Waals surface area contributed by atoms with Gasteiger partial charge in [-0.2, -0.15) is 5.10 Å². The number of aliphatic hydroxyl groups excluding tert-OH is 1. The van der Waals surface area contributed by atoms with Gasteiger partial charge in [-0.05, 0) is 43.6 Å². The number of thiophene rings is 1. The molecule has 0 saturated carbocycles. The van der Waals surface area contributed by atoms with Crippen molar-refractivity contribution in [3.8, 4) is 5.69 Å². The number of hydrogen-bond donors (Lipinski definition) is 1. The molecule has 1 unspecified atom stereocenters. The van der Waals surface area contributed by atoms with Gasteiger partial charge in [0, 0.05) is 18.0 Å². The molecule has 3 heterocycles. The highest BCUT2D eigenvalue weighted by Crippen LogP contribution is 2.41. The van der Waals surface area contributed by atoms with Crippen molar-refractivity contribution in [1.82, 2.24) is 19.6 Å². The maximum absolute atomic E-state index is 13.2. The minimum atomic E-state index is -0.655. The number of amides is 1. The first-order chi connectivity index (χ1) is 16.0. The number of aliphatic hydroxyl groups is 1. The van der Waals surface area contributed by atoms with Crippen LogP contribution >= 0.6 is 11.3 Å². The average Bonchev–Trinajstić information content (AvgIpc) is 3.55. The molecule has 1 saturated heterocycles. The minimum absolute atomic E-state index is 0.123. The number of nitrogens with zero attached hydrogens (tertiary/aromatic N) is 4. The molecule has 7 nitrogen and oxygen atoms in total. The number of carbonyl (C=O) groups is 2. The fraction of sp³-hybridized carbons (Fsp3) is 0.320. The Morgan fingerprint density at radius 1 is 1.12 bits per heavy atom. The number of carbonyl (C=O) groups excluding carboxylic acids is 2. The second-order valence-corrected chi connectivity index (χ2v) is 8.91. The van der Waals surface area contributed by atoms with Crippen LogP contribution in [0.3, 0.4) is 0 Å². The molecule has 3 aromatic rings. The van der Waals surface area contributed by atoms with Gasteiger partial charge in [0.25, 0.3) is 11.7 Å². The zero-order valence-corrected chi connectivity index (χ0v) is 19.9. The third-order valence-corrected chi connectivity index (χ3v) is 7.09. The van der Waals surface area contributed by atoms with E-state index in [-0.39, 0.29) is 11.3 Å². The summed E-state index contributed by atoms with van der Waals surface area (Å²) >= 11 is 1.47. The highest BCUT2D eigenvalue weighted by Gasteiger charge is 2.46. The highest BCUT2D eigenvalue weighted by atomic mass is 32.1. The number of likely N-dealkylation sites (tertiary alicyclic amines) is 1. The summed E-state index contributed by atoms with van der Waals surface area (Å²) in [7, 11) is 0. The summed E-state index contributed by atoms with van der Waals surface area (Å²) in [5, 5.41) is 17.7. The van der Waals surface area contributed by atoms with Crippen LogP contribution in [0.4, 0.5) is 0 Å². The van der Waals surface area contributed by atoms with Crippen LogP contribution in [0.5, 0.6) is 0 Å². The van der Waals surface area contributed by atoms with E-state index in [4.69, 9.17) is 0 Å². The SMILES string of the molecule is CCN(CC)CCN1C(=O)C(=O)C(=C(O)c2cnn(-c3ccccc3)c2C)C1c1cccs1. The number of rotatable bonds is 8. The van der Waals surface area contributed by atoms with Gasteiger partial charge in [-0.3, -0.25) is 9.59 Å². The Kier molecular flexibility index (Phi) is 6.76. The lowest BCUT2D eigenvalue weighted by Gasteiger charge is -2.27. The van der Waals surface area contributed by atoms with Crippen molar-refractivity contribution >= 4 is 28.8 Å². The number of aromatic nitrogens is 2. The fourth-order valence-corrected chi connectivity index (χ4v) is 5.10. The Labute approximate surface area is 197 Å². The number of likely N-dealkylation sites (N-methyl/N-ethyl adjacent to an activating group) is 1. The lowest BCUT2D eigenvalue weighted by molar-refractivity contribution is -0.140. The van der Waals surface area contributed by atoms with Crippen molar-refractivity contribution in [3.05, 3.63) is 75.7 Å². The predicted molar refractivity (Wildman–Crippen MR) is 129 cm³/mol. The van der Waals surface area contributed by atoms with Crippen molar-refractivity contribution in [3.63, 3.8) is 0 Å². The summed E-state index contributed by atoms with van der Waals surface area (Å²) in [5.74, 6) is -1.41. The van der Waals surface area contributed by atoms with E-state index in [2.05, 4.69) is 23.8 Å². The van der Waals surface area contributed by atoms with Crippen molar-refractivity contribution in [1.29, 1.82) is 0 Å². The summed E-state index contributed by atoms with van der Waals surface area (Å²) in [5.41, 5.74) is 2.11. The third-order valence-electron chi connectivity index (χ3n) is 6.17. The molecule has 1 N–H and O–H groups in total. The van der Waals surface area contributed by atoms with E-state index in [0.29, 0.717) is 24.3 Å². The van der Waals surface area contributed by atoms with E-state index in [1.807, 2.05) is 54.8 Å². The van der Waals surface area contributed by atoms with Gasteiger partial charge in [0.1, 0.15) is 5.76 Å². The first-order valence-electron chi connectivity index (χ1n) is 11.1. The molecule has 0 radical (unpaired) electrons. The molecular formula is C25H28N4O3S. The molecule has 1 amide bonds. The lowest BCUT2D eigenvalue weighted by Crippen LogP contribution is -2.37. The first kappa shape index (κ1) is 22.9. The van der Waals surface area contributed by atoms with Gasteiger partial charge < -0.3 is 14.9 Å². The molecule has 172 valence electrons. The maximum Gasteiger partial charge on any atom is 0.295 e. The smallest absolute Gasteiger partial charge is 0.295 e. The maximum atomic E-state index is 13.2. The van der Waals surface area contributed by atoms with Gasteiger partial charge in [0.15, 0.2) is 0 Å². The van der Waals surface area contributed by atoms with Gasteiger partial charge >= 0.3 is 0 Å². The van der Waals surface area contributed by atoms with Crippen molar-refractivity contribution in [2.75, 3.05) is 26.2 Å². The molecule has 33 heavy (non-hydrogen) atoms. The van der Waals surface area contributed by atoms with Crippen LogP contribution in [0, 0.1) is 6.92 Å². The van der Waals surface area contributed by atoms with E-state index in [0.717, 1.165) is 23.7 Å². The molecule has 8 heteroatoms. The normalized spacial score (nSPS) is 17.9. The predicted octanol–water partition coefficient (Wildman–Crippen LogP) is 4.01. The van der Waals surface area contributed by atoms with Gasteiger partial charge in [-0.15, -0.1) is 11.3 Å². The van der Waals surface area contributed by atoms with Gasteiger partial charge in [0.2, 0.25) is 0 Å². The van der Waals surface area contributed by atoms with Crippen LogP contribution < -0.4 is 0 Å². The summed E-state index contributed by atoms with van der Waals surface area (Å²) < 4.78 is 1.71. The Hall–Kier alpha value is -3.23. The Balaban J connectivity index is 1.77. The molecule has 1 aliphatic rings. The molecule has 0 spiro atoms. The second-order valence-electron chi connectivity index (χ2n) is 7.93.